The standard InChI is InChI=1S/C20H22FN7O3/c1-20(2,3)31-19(30)27-18(25-11-22)15-9-8-14(26-15)17(29)16(28-23)10-24-13-7-5-4-6-12(13)21/h4-11,26H,23H2,1-3H3,(H2,22,25,27,30). The van der Waals surface area contributed by atoms with E-state index in [9.17, 15) is 14.0 Å². The summed E-state index contributed by atoms with van der Waals surface area (Å²) >= 11 is 0. The van der Waals surface area contributed by atoms with Crippen molar-refractivity contribution in [3.05, 3.63) is 53.6 Å². The number of amides is 1. The van der Waals surface area contributed by atoms with E-state index in [1.54, 1.807) is 26.8 Å². The Labute approximate surface area is 177 Å². The van der Waals surface area contributed by atoms with Crippen LogP contribution in [-0.4, -0.2) is 46.6 Å². The second kappa shape index (κ2) is 10.1. The van der Waals surface area contributed by atoms with E-state index in [1.807, 2.05) is 0 Å². The molecule has 0 aliphatic carbocycles. The molecule has 31 heavy (non-hydrogen) atoms. The van der Waals surface area contributed by atoms with Crippen LogP contribution in [-0.2, 0) is 4.74 Å². The van der Waals surface area contributed by atoms with Crippen LogP contribution in [0.1, 0.15) is 37.0 Å². The lowest BCUT2D eigenvalue weighted by molar-refractivity contribution is 0.0563. The van der Waals surface area contributed by atoms with Crippen molar-refractivity contribution in [3.63, 3.8) is 0 Å². The Morgan fingerprint density at radius 2 is 1.87 bits per heavy atom. The molecule has 0 spiro atoms. The topological polar surface area (TPSA) is 158 Å². The number of ketones is 1. The van der Waals surface area contributed by atoms with Crippen molar-refractivity contribution < 1.29 is 18.7 Å². The number of hydrogen-bond acceptors (Lipinski definition) is 7. The number of Topliss-reactive ketones (excluding diaryl/α,β-unsaturated/α-hetero) is 1. The molecule has 2 aromatic rings. The summed E-state index contributed by atoms with van der Waals surface area (Å²) in [4.78, 5) is 35.1. The maximum absolute atomic E-state index is 13.7. The van der Waals surface area contributed by atoms with Gasteiger partial charge in [-0.1, -0.05) is 12.1 Å². The van der Waals surface area contributed by atoms with Gasteiger partial charge >= 0.3 is 6.09 Å². The smallest absolute Gasteiger partial charge is 0.413 e. The van der Waals surface area contributed by atoms with Crippen LogP contribution < -0.4 is 11.2 Å². The van der Waals surface area contributed by atoms with E-state index < -0.39 is 23.3 Å². The Morgan fingerprint density at radius 3 is 2.48 bits per heavy atom. The maximum atomic E-state index is 13.7. The van der Waals surface area contributed by atoms with Gasteiger partial charge < -0.3 is 15.6 Å². The first kappa shape index (κ1) is 23.1. The van der Waals surface area contributed by atoms with Crippen LogP contribution in [0.5, 0.6) is 0 Å². The number of para-hydroxylation sites is 1. The Morgan fingerprint density at radius 1 is 1.19 bits per heavy atom. The number of rotatable bonds is 6. The zero-order valence-corrected chi connectivity index (χ0v) is 17.1. The highest BCUT2D eigenvalue weighted by molar-refractivity contribution is 6.64. The van der Waals surface area contributed by atoms with E-state index in [4.69, 9.17) is 16.0 Å². The number of H-pyrrole nitrogens is 1. The number of alkyl carbamates (subject to hydrolysis) is 1. The molecule has 0 aliphatic rings. The maximum Gasteiger partial charge on any atom is 0.413 e. The van der Waals surface area contributed by atoms with Gasteiger partial charge in [0.05, 0.1) is 23.3 Å². The molecule has 0 radical (unpaired) electrons. The average Bonchev–Trinajstić information content (AvgIpc) is 3.18. The number of aliphatic imine (C=N–C) groups is 2. The SMILES string of the molecule is CC(C)(C)OC(=O)NC(=NC=N)c1ccc(C(=O)C(C=Nc2ccccc2F)=NN)[nH]1. The molecule has 0 saturated heterocycles. The van der Waals surface area contributed by atoms with Crippen LogP contribution in [0, 0.1) is 11.2 Å². The Hall–Kier alpha value is -4.15. The third-order valence-electron chi connectivity index (χ3n) is 3.55. The summed E-state index contributed by atoms with van der Waals surface area (Å²) in [6, 6.07) is 8.64. The van der Waals surface area contributed by atoms with Crippen molar-refractivity contribution in [1.29, 1.82) is 5.41 Å². The number of aromatic amines is 1. The number of nitrogens with two attached hydrogens (primary N) is 1. The largest absolute Gasteiger partial charge is 0.444 e. The first-order chi connectivity index (χ1) is 14.6. The van der Waals surface area contributed by atoms with E-state index in [0.29, 0.717) is 0 Å². The van der Waals surface area contributed by atoms with E-state index >= 15 is 0 Å². The molecular formula is C20H22FN7O3. The number of carbonyl (C=O) groups excluding carboxylic acids is 2. The number of aromatic nitrogens is 1. The summed E-state index contributed by atoms with van der Waals surface area (Å²) in [6.45, 7) is 5.09. The zero-order chi connectivity index (χ0) is 23.0. The minimum Gasteiger partial charge on any atom is -0.444 e. The van der Waals surface area contributed by atoms with Gasteiger partial charge in [-0.2, -0.15) is 5.10 Å². The van der Waals surface area contributed by atoms with Gasteiger partial charge in [0.1, 0.15) is 17.8 Å². The lowest BCUT2D eigenvalue weighted by Crippen LogP contribution is -2.37. The first-order valence-corrected chi connectivity index (χ1v) is 9.02. The monoisotopic (exact) mass is 427 g/mol. The van der Waals surface area contributed by atoms with Crippen molar-refractivity contribution in [1.82, 2.24) is 10.3 Å². The number of amidine groups is 1. The van der Waals surface area contributed by atoms with Crippen LogP contribution in [0.25, 0.3) is 0 Å². The van der Waals surface area contributed by atoms with Crippen molar-refractivity contribution >= 4 is 41.7 Å². The second-order valence-corrected chi connectivity index (χ2v) is 7.07. The number of halogens is 1. The van der Waals surface area contributed by atoms with Gasteiger partial charge in [-0.3, -0.25) is 20.5 Å². The summed E-state index contributed by atoms with van der Waals surface area (Å²) in [5, 5.41) is 13.0. The van der Waals surface area contributed by atoms with Gasteiger partial charge in [-0.25, -0.2) is 14.2 Å². The molecule has 10 nitrogen and oxygen atoms in total. The summed E-state index contributed by atoms with van der Waals surface area (Å²) in [5.74, 6) is 4.07. The molecule has 162 valence electrons. The second-order valence-electron chi connectivity index (χ2n) is 7.07. The van der Waals surface area contributed by atoms with E-state index in [0.717, 1.165) is 12.6 Å². The number of hydrogen-bond donors (Lipinski definition) is 4. The lowest BCUT2D eigenvalue weighted by Gasteiger charge is -2.19. The molecule has 2 rings (SSSR count). The number of ether oxygens (including phenoxy) is 1. The summed E-state index contributed by atoms with van der Waals surface area (Å²) in [7, 11) is 0. The van der Waals surface area contributed by atoms with Crippen molar-refractivity contribution in [2.45, 2.75) is 26.4 Å². The van der Waals surface area contributed by atoms with Crippen molar-refractivity contribution in [3.8, 4) is 0 Å². The Bertz CT molecular complexity index is 1060. The summed E-state index contributed by atoms with van der Waals surface area (Å²) < 4.78 is 18.8. The van der Waals surface area contributed by atoms with Gasteiger partial charge in [0, 0.05) is 0 Å². The van der Waals surface area contributed by atoms with Crippen LogP contribution in [0.3, 0.4) is 0 Å². The third kappa shape index (κ3) is 6.70. The summed E-state index contributed by atoms with van der Waals surface area (Å²) in [5.41, 5.74) is -0.656. The van der Waals surface area contributed by atoms with E-state index in [2.05, 4.69) is 25.4 Å². The number of benzene rings is 1. The minimum absolute atomic E-state index is 0.0191. The minimum atomic E-state index is -0.781. The fourth-order valence-electron chi connectivity index (χ4n) is 2.28. The number of nitrogens with zero attached hydrogens (tertiary/aromatic N) is 3. The first-order valence-electron chi connectivity index (χ1n) is 9.02. The molecule has 11 heteroatoms. The molecule has 0 saturated carbocycles. The quantitative estimate of drug-likeness (QED) is 0.184. The van der Waals surface area contributed by atoms with Crippen LogP contribution in [0.4, 0.5) is 14.9 Å². The normalized spacial score (nSPS) is 12.6. The highest BCUT2D eigenvalue weighted by Gasteiger charge is 2.20. The number of nitrogens with one attached hydrogen (secondary N) is 3. The van der Waals surface area contributed by atoms with Crippen LogP contribution >= 0.6 is 0 Å². The lowest BCUT2D eigenvalue weighted by atomic mass is 10.2. The molecule has 0 atom stereocenters. The molecule has 1 aromatic heterocycles. The molecule has 0 fully saturated rings. The molecular weight excluding hydrogens is 405 g/mol. The molecule has 1 amide bonds. The van der Waals surface area contributed by atoms with E-state index in [1.165, 1.54) is 30.3 Å². The molecule has 0 bridgehead atoms. The van der Waals surface area contributed by atoms with Crippen LogP contribution in [0.15, 0.2) is 51.5 Å². The highest BCUT2D eigenvalue weighted by Crippen LogP contribution is 2.15. The Kier molecular flexibility index (Phi) is 7.50. The summed E-state index contributed by atoms with van der Waals surface area (Å²) in [6.07, 6.45) is 0.993. The Balaban J connectivity index is 2.21. The van der Waals surface area contributed by atoms with E-state index in [-0.39, 0.29) is 28.6 Å². The van der Waals surface area contributed by atoms with Gasteiger partial charge in [-0.15, -0.1) is 0 Å². The predicted octanol–water partition coefficient (Wildman–Crippen LogP) is 2.93. The molecule has 1 heterocycles. The zero-order valence-electron chi connectivity index (χ0n) is 17.1. The van der Waals surface area contributed by atoms with Gasteiger partial charge in [0.25, 0.3) is 0 Å². The van der Waals surface area contributed by atoms with Gasteiger partial charge in [0.2, 0.25) is 5.78 Å². The molecule has 1 aromatic carbocycles. The highest BCUT2D eigenvalue weighted by atomic mass is 19.1. The van der Waals surface area contributed by atoms with Gasteiger partial charge in [-0.05, 0) is 45.0 Å². The van der Waals surface area contributed by atoms with Crippen LogP contribution in [0.2, 0.25) is 0 Å². The van der Waals surface area contributed by atoms with Gasteiger partial charge in [0.15, 0.2) is 11.5 Å². The fraction of sp³-hybridized carbons (Fsp3) is 0.200. The third-order valence-corrected chi connectivity index (χ3v) is 3.55. The number of carbonyl (C=O) groups is 2. The van der Waals surface area contributed by atoms with Crippen molar-refractivity contribution in [2.24, 2.45) is 20.9 Å². The molecule has 0 unspecified atom stereocenters. The number of hydrazone groups is 1. The predicted molar refractivity (Wildman–Crippen MR) is 116 cm³/mol. The average molecular weight is 427 g/mol. The fourth-order valence-corrected chi connectivity index (χ4v) is 2.28. The molecule has 5 N–H and O–H groups in total. The molecule has 0 aliphatic heterocycles. The van der Waals surface area contributed by atoms with Crippen molar-refractivity contribution in [2.75, 3.05) is 0 Å².